The average molecular weight is 427 g/mol. The highest BCUT2D eigenvalue weighted by Gasteiger charge is 2.25. The minimum Gasteiger partial charge on any atom is -0.496 e. The zero-order valence-electron chi connectivity index (χ0n) is 14.9. The van der Waals surface area contributed by atoms with E-state index >= 15 is 0 Å². The molecular formula is C18H10F5N3O4. The van der Waals surface area contributed by atoms with Crippen LogP contribution >= 0.6 is 0 Å². The SMILES string of the molecule is COc1cc([N+](=O)[O-])ccc1-c1ccc(C=NNc2c(F)c(F)c(F)c(F)c2F)o1. The van der Waals surface area contributed by atoms with Gasteiger partial charge in [0.2, 0.25) is 5.82 Å². The quantitative estimate of drug-likeness (QED) is 0.149. The van der Waals surface area contributed by atoms with Crippen LogP contribution in [0, 0.1) is 39.2 Å². The Bertz CT molecular complexity index is 1130. The van der Waals surface area contributed by atoms with Crippen LogP contribution in [0.25, 0.3) is 11.3 Å². The van der Waals surface area contributed by atoms with Gasteiger partial charge in [-0.3, -0.25) is 15.5 Å². The number of anilines is 1. The van der Waals surface area contributed by atoms with Crippen molar-refractivity contribution < 1.29 is 36.0 Å². The van der Waals surface area contributed by atoms with Gasteiger partial charge in [0.1, 0.15) is 23.0 Å². The molecule has 0 radical (unpaired) electrons. The fourth-order valence-electron chi connectivity index (χ4n) is 2.43. The van der Waals surface area contributed by atoms with Crippen LogP contribution in [-0.2, 0) is 0 Å². The van der Waals surface area contributed by atoms with Crippen LogP contribution in [0.5, 0.6) is 5.75 Å². The molecule has 0 saturated heterocycles. The van der Waals surface area contributed by atoms with Gasteiger partial charge in [-0.15, -0.1) is 0 Å². The first kappa shape index (κ1) is 20.8. The van der Waals surface area contributed by atoms with Crippen LogP contribution in [0.15, 0.2) is 39.9 Å². The normalized spacial score (nSPS) is 11.1. The molecule has 12 heteroatoms. The van der Waals surface area contributed by atoms with Gasteiger partial charge in [0.25, 0.3) is 5.69 Å². The van der Waals surface area contributed by atoms with Crippen molar-refractivity contribution in [2.75, 3.05) is 12.5 Å². The maximum atomic E-state index is 13.6. The zero-order valence-corrected chi connectivity index (χ0v) is 14.9. The Labute approximate surface area is 164 Å². The van der Waals surface area contributed by atoms with Gasteiger partial charge < -0.3 is 9.15 Å². The third kappa shape index (κ3) is 3.79. The molecule has 0 aliphatic heterocycles. The lowest BCUT2D eigenvalue weighted by molar-refractivity contribution is -0.384. The van der Waals surface area contributed by atoms with Crippen molar-refractivity contribution >= 4 is 17.6 Å². The minimum absolute atomic E-state index is 0.0433. The van der Waals surface area contributed by atoms with E-state index in [9.17, 15) is 32.1 Å². The molecule has 0 saturated carbocycles. The molecule has 7 nitrogen and oxygen atoms in total. The Kier molecular flexibility index (Phi) is 5.67. The summed E-state index contributed by atoms with van der Waals surface area (Å²) in [5.74, 6) is -10.2. The first-order chi connectivity index (χ1) is 14.2. The highest BCUT2D eigenvalue weighted by molar-refractivity contribution is 5.79. The third-order valence-corrected chi connectivity index (χ3v) is 3.87. The van der Waals surface area contributed by atoms with E-state index in [4.69, 9.17) is 9.15 Å². The fraction of sp³-hybridized carbons (Fsp3) is 0.0556. The molecule has 0 spiro atoms. The van der Waals surface area contributed by atoms with Crippen molar-refractivity contribution in [2.24, 2.45) is 5.10 Å². The number of non-ortho nitro benzene ring substituents is 1. The smallest absolute Gasteiger partial charge is 0.273 e. The molecule has 1 heterocycles. The number of nitro groups is 1. The number of hydrogen-bond donors (Lipinski definition) is 1. The number of ether oxygens (including phenoxy) is 1. The van der Waals surface area contributed by atoms with E-state index in [2.05, 4.69) is 5.10 Å². The van der Waals surface area contributed by atoms with Crippen molar-refractivity contribution in [1.29, 1.82) is 0 Å². The molecule has 1 N–H and O–H groups in total. The molecule has 0 unspecified atom stereocenters. The lowest BCUT2D eigenvalue weighted by Gasteiger charge is -2.06. The first-order valence-corrected chi connectivity index (χ1v) is 7.97. The number of nitro benzene ring substituents is 1. The molecule has 3 rings (SSSR count). The molecule has 0 aliphatic carbocycles. The summed E-state index contributed by atoms with van der Waals surface area (Å²) in [5, 5.41) is 14.3. The van der Waals surface area contributed by atoms with E-state index in [1.54, 1.807) is 5.43 Å². The van der Waals surface area contributed by atoms with E-state index in [-0.39, 0.29) is 23.0 Å². The molecule has 2 aromatic carbocycles. The topological polar surface area (TPSA) is 89.9 Å². The number of rotatable bonds is 6. The summed E-state index contributed by atoms with van der Waals surface area (Å²) in [4.78, 5) is 10.2. The summed E-state index contributed by atoms with van der Waals surface area (Å²) < 4.78 is 77.1. The lowest BCUT2D eigenvalue weighted by Crippen LogP contribution is -2.06. The number of nitrogens with one attached hydrogen (secondary N) is 1. The van der Waals surface area contributed by atoms with Crippen LogP contribution in [-0.4, -0.2) is 18.2 Å². The predicted molar refractivity (Wildman–Crippen MR) is 94.8 cm³/mol. The predicted octanol–water partition coefficient (Wildman–Crippen LogP) is 5.00. The maximum Gasteiger partial charge on any atom is 0.273 e. The molecule has 30 heavy (non-hydrogen) atoms. The van der Waals surface area contributed by atoms with Crippen molar-refractivity contribution in [3.63, 3.8) is 0 Å². The van der Waals surface area contributed by atoms with E-state index in [0.717, 1.165) is 6.21 Å². The Hall–Kier alpha value is -3.96. The molecule has 0 fully saturated rings. The van der Waals surface area contributed by atoms with Gasteiger partial charge in [0.05, 0.1) is 29.9 Å². The molecule has 1 aromatic heterocycles. The Morgan fingerprint density at radius 2 is 1.67 bits per heavy atom. The molecule has 156 valence electrons. The van der Waals surface area contributed by atoms with Gasteiger partial charge in [-0.25, -0.2) is 22.0 Å². The number of benzene rings is 2. The second-order valence-electron chi connectivity index (χ2n) is 5.66. The van der Waals surface area contributed by atoms with Gasteiger partial charge in [0, 0.05) is 6.07 Å². The zero-order chi connectivity index (χ0) is 22.0. The second-order valence-corrected chi connectivity index (χ2v) is 5.66. The van der Waals surface area contributed by atoms with Crippen LogP contribution in [0.3, 0.4) is 0 Å². The second kappa shape index (κ2) is 8.19. The van der Waals surface area contributed by atoms with E-state index in [0.29, 0.717) is 5.56 Å². The van der Waals surface area contributed by atoms with Crippen molar-refractivity contribution in [2.45, 2.75) is 0 Å². The molecule has 0 amide bonds. The molecule has 0 bridgehead atoms. The first-order valence-electron chi connectivity index (χ1n) is 7.97. The average Bonchev–Trinajstić information content (AvgIpc) is 3.21. The highest BCUT2D eigenvalue weighted by Crippen LogP contribution is 2.34. The fourth-order valence-corrected chi connectivity index (χ4v) is 2.43. The van der Waals surface area contributed by atoms with Crippen LogP contribution in [0.4, 0.5) is 33.3 Å². The monoisotopic (exact) mass is 427 g/mol. The van der Waals surface area contributed by atoms with Gasteiger partial charge in [-0.1, -0.05) is 0 Å². The number of methoxy groups -OCH3 is 1. The van der Waals surface area contributed by atoms with Crippen molar-refractivity contribution in [3.8, 4) is 17.1 Å². The Balaban J connectivity index is 1.84. The minimum atomic E-state index is -2.28. The lowest BCUT2D eigenvalue weighted by atomic mass is 10.1. The van der Waals surface area contributed by atoms with Crippen LogP contribution in [0.2, 0.25) is 0 Å². The van der Waals surface area contributed by atoms with E-state index < -0.39 is 39.7 Å². The Morgan fingerprint density at radius 1 is 1.03 bits per heavy atom. The van der Waals surface area contributed by atoms with Gasteiger partial charge >= 0.3 is 0 Å². The largest absolute Gasteiger partial charge is 0.496 e. The van der Waals surface area contributed by atoms with Crippen LogP contribution in [0.1, 0.15) is 5.76 Å². The summed E-state index contributed by atoms with van der Waals surface area (Å²) in [6.45, 7) is 0. The Morgan fingerprint density at radius 3 is 2.27 bits per heavy atom. The van der Waals surface area contributed by atoms with Crippen LogP contribution < -0.4 is 10.2 Å². The number of nitrogens with zero attached hydrogens (tertiary/aromatic N) is 2. The summed E-state index contributed by atoms with van der Waals surface area (Å²) in [6.07, 6.45) is 0.930. The van der Waals surface area contributed by atoms with Gasteiger partial charge in [-0.05, 0) is 18.2 Å². The summed E-state index contributed by atoms with van der Waals surface area (Å²) in [5.41, 5.74) is 0.589. The van der Waals surface area contributed by atoms with Crippen molar-refractivity contribution in [3.05, 3.63) is 75.3 Å². The number of hydrogen-bond acceptors (Lipinski definition) is 6. The van der Waals surface area contributed by atoms with Crippen molar-refractivity contribution in [1.82, 2.24) is 0 Å². The number of hydrazone groups is 1. The molecule has 0 atom stereocenters. The number of halogens is 5. The summed E-state index contributed by atoms with van der Waals surface area (Å²) in [7, 11) is 1.31. The van der Waals surface area contributed by atoms with E-state index in [1.807, 2.05) is 0 Å². The molecule has 0 aliphatic rings. The van der Waals surface area contributed by atoms with Gasteiger partial charge in [0.15, 0.2) is 23.3 Å². The van der Waals surface area contributed by atoms with Gasteiger partial charge in [-0.2, -0.15) is 5.10 Å². The standard InChI is InChI=1S/C18H10F5N3O4/c1-29-12-6-8(26(27)28)2-4-10(12)11-5-3-9(30-11)7-24-25-18-16(22)14(20)13(19)15(21)17(18)23/h2-7,25H,1H3. The summed E-state index contributed by atoms with van der Waals surface area (Å²) in [6, 6.07) is 6.67. The highest BCUT2D eigenvalue weighted by atomic mass is 19.2. The number of furan rings is 1. The van der Waals surface area contributed by atoms with E-state index in [1.165, 1.54) is 37.4 Å². The maximum absolute atomic E-state index is 13.6. The molecular weight excluding hydrogens is 417 g/mol. The molecule has 3 aromatic rings. The third-order valence-electron chi connectivity index (χ3n) is 3.87. The summed E-state index contributed by atoms with van der Waals surface area (Å²) >= 11 is 0.